The van der Waals surface area contributed by atoms with Gasteiger partial charge in [0.15, 0.2) is 5.85 Å². The molecule has 5 heteroatoms. The van der Waals surface area contributed by atoms with Crippen molar-refractivity contribution in [3.05, 3.63) is 48.0 Å². The van der Waals surface area contributed by atoms with E-state index < -0.39 is 13.4 Å². The van der Waals surface area contributed by atoms with Gasteiger partial charge in [-0.15, -0.1) is 0 Å². The van der Waals surface area contributed by atoms with Crippen LogP contribution in [0, 0.1) is 0 Å². The molecule has 0 saturated heterocycles. The Hall–Kier alpha value is -1.19. The average molecular weight is 294 g/mol. The van der Waals surface area contributed by atoms with E-state index in [0.29, 0.717) is 5.56 Å². The van der Waals surface area contributed by atoms with E-state index in [-0.39, 0.29) is 13.2 Å². The van der Waals surface area contributed by atoms with Crippen molar-refractivity contribution in [2.45, 2.75) is 19.7 Å². The van der Waals surface area contributed by atoms with Crippen LogP contribution in [-0.2, 0) is 13.6 Å². The van der Waals surface area contributed by atoms with Crippen molar-refractivity contribution in [1.29, 1.82) is 0 Å². The quantitative estimate of drug-likeness (QED) is 0.815. The van der Waals surface area contributed by atoms with Crippen molar-refractivity contribution in [1.82, 2.24) is 0 Å². The summed E-state index contributed by atoms with van der Waals surface area (Å²) in [6.45, 7) is 3.89. The van der Waals surface area contributed by atoms with E-state index in [4.69, 9.17) is 9.05 Å². The highest BCUT2D eigenvalue weighted by atomic mass is 31.2. The summed E-state index contributed by atoms with van der Waals surface area (Å²) in [5.41, 5.74) is 0.536. The van der Waals surface area contributed by atoms with E-state index in [1.807, 2.05) is 36.4 Å². The van der Waals surface area contributed by atoms with Crippen LogP contribution < -0.4 is 0 Å². The minimum absolute atomic E-state index is 0.224. The minimum Gasteiger partial charge on any atom is -0.376 e. The van der Waals surface area contributed by atoms with Crippen LogP contribution in [0.5, 0.6) is 0 Å². The lowest BCUT2D eigenvalue weighted by atomic mass is 10.1. The summed E-state index contributed by atoms with van der Waals surface area (Å²) in [7, 11) is -3.55. The number of fused-ring (bicyclic) bond motifs is 1. The molecule has 0 saturated carbocycles. The molecule has 1 atom stereocenters. The van der Waals surface area contributed by atoms with Gasteiger partial charge in [-0.3, -0.25) is 4.57 Å². The van der Waals surface area contributed by atoms with Gasteiger partial charge in [0.05, 0.1) is 13.2 Å². The highest BCUT2D eigenvalue weighted by Gasteiger charge is 2.35. The molecule has 0 aliphatic rings. The molecule has 0 aromatic heterocycles. The van der Waals surface area contributed by atoms with Crippen molar-refractivity contribution in [3.63, 3.8) is 0 Å². The van der Waals surface area contributed by atoms with Crippen molar-refractivity contribution in [3.8, 4) is 0 Å². The zero-order valence-electron chi connectivity index (χ0n) is 11.7. The van der Waals surface area contributed by atoms with Gasteiger partial charge in [-0.25, -0.2) is 0 Å². The summed E-state index contributed by atoms with van der Waals surface area (Å²) in [6.07, 6.45) is 0. The summed E-state index contributed by atoms with van der Waals surface area (Å²) in [6, 6.07) is 13.2. The van der Waals surface area contributed by atoms with Gasteiger partial charge in [0.25, 0.3) is 0 Å². The molecule has 0 bridgehead atoms. The maximum atomic E-state index is 12.6. The van der Waals surface area contributed by atoms with Gasteiger partial charge in [0.1, 0.15) is 0 Å². The second kappa shape index (κ2) is 6.51. The van der Waals surface area contributed by atoms with Gasteiger partial charge in [0.2, 0.25) is 0 Å². The highest BCUT2D eigenvalue weighted by molar-refractivity contribution is 7.54. The first-order chi connectivity index (χ1) is 9.60. The third kappa shape index (κ3) is 3.10. The zero-order chi connectivity index (χ0) is 14.6. The summed E-state index contributed by atoms with van der Waals surface area (Å²) in [5.74, 6) is -1.27. The Kier molecular flexibility index (Phi) is 4.95. The van der Waals surface area contributed by atoms with E-state index in [2.05, 4.69) is 0 Å². The van der Waals surface area contributed by atoms with Gasteiger partial charge >= 0.3 is 7.60 Å². The van der Waals surface area contributed by atoms with Crippen LogP contribution >= 0.6 is 7.60 Å². The van der Waals surface area contributed by atoms with Gasteiger partial charge in [-0.1, -0.05) is 36.4 Å². The predicted molar refractivity (Wildman–Crippen MR) is 79.8 cm³/mol. The maximum absolute atomic E-state index is 12.6. The molecule has 0 radical (unpaired) electrons. The van der Waals surface area contributed by atoms with Crippen LogP contribution in [0.4, 0.5) is 0 Å². The number of aliphatic hydroxyl groups is 1. The standard InChI is InChI=1S/C15H19O4P/c1-3-18-20(17,19-4-2)15(16)14-10-9-12-7-5-6-8-13(12)11-14/h5-11,15-16H,3-4H2,1-2H3/t15-/m0/s1. The lowest BCUT2D eigenvalue weighted by Crippen LogP contribution is -2.06. The maximum Gasteiger partial charge on any atom is 0.363 e. The Morgan fingerprint density at radius 2 is 1.65 bits per heavy atom. The molecule has 0 aliphatic carbocycles. The van der Waals surface area contributed by atoms with Crippen LogP contribution in [0.1, 0.15) is 25.3 Å². The fourth-order valence-corrected chi connectivity index (χ4v) is 3.69. The average Bonchev–Trinajstić information content (AvgIpc) is 2.46. The van der Waals surface area contributed by atoms with Crippen LogP contribution in [0.3, 0.4) is 0 Å². The lowest BCUT2D eigenvalue weighted by molar-refractivity contribution is 0.150. The summed E-state index contributed by atoms with van der Waals surface area (Å²) < 4.78 is 22.9. The largest absolute Gasteiger partial charge is 0.376 e. The smallest absolute Gasteiger partial charge is 0.363 e. The third-order valence-electron chi connectivity index (χ3n) is 2.99. The van der Waals surface area contributed by atoms with E-state index in [0.717, 1.165) is 10.8 Å². The molecular weight excluding hydrogens is 275 g/mol. The molecular formula is C15H19O4P. The molecule has 4 nitrogen and oxygen atoms in total. The highest BCUT2D eigenvalue weighted by Crippen LogP contribution is 2.59. The van der Waals surface area contributed by atoms with Gasteiger partial charge in [0, 0.05) is 0 Å². The Morgan fingerprint density at radius 3 is 2.25 bits per heavy atom. The molecule has 20 heavy (non-hydrogen) atoms. The van der Waals surface area contributed by atoms with Crippen LogP contribution in [0.25, 0.3) is 10.8 Å². The van der Waals surface area contributed by atoms with Gasteiger partial charge in [-0.05, 0) is 36.2 Å². The van der Waals surface area contributed by atoms with Crippen LogP contribution in [-0.4, -0.2) is 18.3 Å². The van der Waals surface area contributed by atoms with Crippen molar-refractivity contribution >= 4 is 18.4 Å². The molecule has 0 spiro atoms. The molecule has 2 aromatic rings. The number of hydrogen-bond donors (Lipinski definition) is 1. The SMILES string of the molecule is CCOP(=O)(OCC)[C@H](O)c1ccc2ccccc2c1. The third-order valence-corrected chi connectivity index (χ3v) is 5.12. The normalized spacial score (nSPS) is 13.6. The van der Waals surface area contributed by atoms with Crippen molar-refractivity contribution in [2.75, 3.05) is 13.2 Å². The summed E-state index contributed by atoms with van der Waals surface area (Å²) in [4.78, 5) is 0. The monoisotopic (exact) mass is 294 g/mol. The van der Waals surface area contributed by atoms with Crippen molar-refractivity contribution in [2.24, 2.45) is 0 Å². The van der Waals surface area contributed by atoms with E-state index in [1.165, 1.54) is 0 Å². The number of hydrogen-bond acceptors (Lipinski definition) is 4. The van der Waals surface area contributed by atoms with E-state index in [9.17, 15) is 9.67 Å². The number of rotatable bonds is 6. The topological polar surface area (TPSA) is 55.8 Å². The Balaban J connectivity index is 2.38. The van der Waals surface area contributed by atoms with Crippen LogP contribution in [0.2, 0.25) is 0 Å². The summed E-state index contributed by atoms with van der Waals surface area (Å²) >= 11 is 0. The molecule has 0 fully saturated rings. The van der Waals surface area contributed by atoms with Gasteiger partial charge in [-0.2, -0.15) is 0 Å². The minimum atomic E-state index is -3.55. The van der Waals surface area contributed by atoms with Crippen LogP contribution in [0.15, 0.2) is 42.5 Å². The fourth-order valence-electron chi connectivity index (χ4n) is 2.09. The Labute approximate surface area is 118 Å². The number of aliphatic hydroxyl groups excluding tert-OH is 1. The first-order valence-corrected chi connectivity index (χ1v) is 8.27. The summed E-state index contributed by atoms with van der Waals surface area (Å²) in [5, 5.41) is 12.4. The molecule has 0 heterocycles. The second-order valence-electron chi connectivity index (χ2n) is 4.36. The molecule has 1 N–H and O–H groups in total. The van der Waals surface area contributed by atoms with Gasteiger partial charge < -0.3 is 14.2 Å². The molecule has 108 valence electrons. The van der Waals surface area contributed by atoms with E-state index in [1.54, 1.807) is 19.9 Å². The lowest BCUT2D eigenvalue weighted by Gasteiger charge is -2.22. The molecule has 0 amide bonds. The predicted octanol–water partition coefficient (Wildman–Crippen LogP) is 4.10. The molecule has 0 unspecified atom stereocenters. The molecule has 0 aliphatic heterocycles. The second-order valence-corrected chi connectivity index (χ2v) is 6.44. The zero-order valence-corrected chi connectivity index (χ0v) is 12.5. The Morgan fingerprint density at radius 1 is 1.05 bits per heavy atom. The fraction of sp³-hybridized carbons (Fsp3) is 0.333. The van der Waals surface area contributed by atoms with E-state index >= 15 is 0 Å². The molecule has 2 rings (SSSR count). The first-order valence-electron chi connectivity index (χ1n) is 6.66. The number of benzene rings is 2. The molecule has 2 aromatic carbocycles. The first kappa shape index (κ1) is 15.2. The van der Waals surface area contributed by atoms with Crippen molar-refractivity contribution < 1.29 is 18.7 Å². The Bertz CT molecular complexity index is 616.